The highest BCUT2D eigenvalue weighted by Gasteiger charge is 2.49. The molecule has 170 valence electrons. The first kappa shape index (κ1) is 23.9. The Balaban J connectivity index is 1.71. The van der Waals surface area contributed by atoms with Crippen molar-refractivity contribution in [3.63, 3.8) is 0 Å². The first-order valence-electron chi connectivity index (χ1n) is 10.7. The number of aliphatic hydroxyl groups is 2. The van der Waals surface area contributed by atoms with E-state index in [2.05, 4.69) is 0 Å². The molecule has 1 aliphatic heterocycles. The molecule has 1 heterocycles. The van der Waals surface area contributed by atoms with Crippen molar-refractivity contribution < 1.29 is 29.2 Å². The van der Waals surface area contributed by atoms with Crippen LogP contribution in [0.15, 0.2) is 48.5 Å². The van der Waals surface area contributed by atoms with Gasteiger partial charge in [-0.05, 0) is 49.9 Å². The predicted octanol–water partition coefficient (Wildman–Crippen LogP) is 3.28. The fourth-order valence-corrected chi connectivity index (χ4v) is 3.83. The zero-order chi connectivity index (χ0) is 22.4. The molecule has 2 aromatic carbocycles. The van der Waals surface area contributed by atoms with Crippen LogP contribution in [0.3, 0.4) is 0 Å². The SMILES string of the molecule is Cc1ccccc1CO[C@@H](CO)[C@@H]1OC(C)(C)O[C@H]1[C@H](CO)OCc1ccccc1C. The molecular weight excluding hydrogens is 396 g/mol. The van der Waals surface area contributed by atoms with Crippen LogP contribution in [0.25, 0.3) is 0 Å². The van der Waals surface area contributed by atoms with Gasteiger partial charge in [0.1, 0.15) is 24.4 Å². The summed E-state index contributed by atoms with van der Waals surface area (Å²) < 4.78 is 24.3. The highest BCUT2D eigenvalue weighted by Crippen LogP contribution is 2.34. The van der Waals surface area contributed by atoms with Crippen molar-refractivity contribution >= 4 is 0 Å². The molecule has 3 rings (SSSR count). The molecular formula is C25H34O6. The number of aryl methyl sites for hydroxylation is 2. The first-order valence-corrected chi connectivity index (χ1v) is 10.7. The van der Waals surface area contributed by atoms with E-state index in [1.807, 2.05) is 76.2 Å². The third kappa shape index (κ3) is 6.13. The first-order chi connectivity index (χ1) is 14.8. The Bertz CT molecular complexity index is 769. The third-order valence-corrected chi connectivity index (χ3v) is 5.68. The number of benzene rings is 2. The van der Waals surface area contributed by atoms with Crippen LogP contribution >= 0.6 is 0 Å². The van der Waals surface area contributed by atoms with E-state index in [4.69, 9.17) is 18.9 Å². The van der Waals surface area contributed by atoms with Gasteiger partial charge in [0.25, 0.3) is 0 Å². The summed E-state index contributed by atoms with van der Waals surface area (Å²) in [6.45, 7) is 7.89. The highest BCUT2D eigenvalue weighted by molar-refractivity contribution is 5.25. The molecule has 0 unspecified atom stereocenters. The Kier molecular flexibility index (Phi) is 8.22. The zero-order valence-corrected chi connectivity index (χ0v) is 18.8. The van der Waals surface area contributed by atoms with Crippen LogP contribution in [-0.2, 0) is 32.2 Å². The summed E-state index contributed by atoms with van der Waals surface area (Å²) in [5.41, 5.74) is 4.33. The molecule has 0 radical (unpaired) electrons. The molecule has 0 aliphatic carbocycles. The van der Waals surface area contributed by atoms with E-state index in [0.717, 1.165) is 22.3 Å². The average molecular weight is 431 g/mol. The second-order valence-electron chi connectivity index (χ2n) is 8.48. The minimum atomic E-state index is -0.881. The minimum Gasteiger partial charge on any atom is -0.394 e. The Morgan fingerprint density at radius 1 is 0.774 bits per heavy atom. The van der Waals surface area contributed by atoms with Crippen molar-refractivity contribution in [1.29, 1.82) is 0 Å². The van der Waals surface area contributed by atoms with E-state index >= 15 is 0 Å². The summed E-state index contributed by atoms with van der Waals surface area (Å²) in [4.78, 5) is 0. The standard InChI is InChI=1S/C25H34O6/c1-17-9-5-7-11-19(17)15-28-21(13-26)23-24(31-25(3,4)30-23)22(14-27)29-16-20-12-8-6-10-18(20)2/h5-12,21-24,26-27H,13-16H2,1-4H3/t21-,22-,23-,24-/m0/s1. The Labute approximate surface area is 184 Å². The smallest absolute Gasteiger partial charge is 0.164 e. The quantitative estimate of drug-likeness (QED) is 0.602. The van der Waals surface area contributed by atoms with Crippen LogP contribution in [-0.4, -0.2) is 53.6 Å². The van der Waals surface area contributed by atoms with Gasteiger partial charge in [-0.3, -0.25) is 0 Å². The van der Waals surface area contributed by atoms with Crippen molar-refractivity contribution in [2.45, 2.75) is 71.1 Å². The van der Waals surface area contributed by atoms with Crippen LogP contribution in [0.4, 0.5) is 0 Å². The van der Waals surface area contributed by atoms with Crippen LogP contribution < -0.4 is 0 Å². The minimum absolute atomic E-state index is 0.234. The largest absolute Gasteiger partial charge is 0.394 e. The lowest BCUT2D eigenvalue weighted by Gasteiger charge is -2.29. The van der Waals surface area contributed by atoms with Gasteiger partial charge in [-0.1, -0.05) is 48.5 Å². The molecule has 0 aromatic heterocycles. The maximum Gasteiger partial charge on any atom is 0.164 e. The van der Waals surface area contributed by atoms with Gasteiger partial charge in [0.2, 0.25) is 0 Å². The monoisotopic (exact) mass is 430 g/mol. The van der Waals surface area contributed by atoms with E-state index in [0.29, 0.717) is 13.2 Å². The number of hydrogen-bond donors (Lipinski definition) is 2. The Hall–Kier alpha value is -1.80. The topological polar surface area (TPSA) is 77.4 Å². The second kappa shape index (κ2) is 10.7. The second-order valence-corrected chi connectivity index (χ2v) is 8.48. The number of rotatable bonds is 10. The van der Waals surface area contributed by atoms with Crippen LogP contribution in [0.5, 0.6) is 0 Å². The van der Waals surface area contributed by atoms with Gasteiger partial charge < -0.3 is 29.2 Å². The van der Waals surface area contributed by atoms with Crippen molar-refractivity contribution in [1.82, 2.24) is 0 Å². The molecule has 4 atom stereocenters. The summed E-state index contributed by atoms with van der Waals surface area (Å²) >= 11 is 0. The van der Waals surface area contributed by atoms with Gasteiger partial charge in [-0.2, -0.15) is 0 Å². The molecule has 0 spiro atoms. The summed E-state index contributed by atoms with van der Waals surface area (Å²) in [6.07, 6.45) is -2.42. The van der Waals surface area contributed by atoms with E-state index in [9.17, 15) is 10.2 Å². The maximum atomic E-state index is 10.1. The van der Waals surface area contributed by atoms with Gasteiger partial charge >= 0.3 is 0 Å². The number of ether oxygens (including phenoxy) is 4. The summed E-state index contributed by atoms with van der Waals surface area (Å²) in [5, 5.41) is 20.1. The van der Waals surface area contributed by atoms with Gasteiger partial charge in [0.15, 0.2) is 5.79 Å². The van der Waals surface area contributed by atoms with Gasteiger partial charge in [-0.25, -0.2) is 0 Å². The summed E-state index contributed by atoms with van der Waals surface area (Å²) in [7, 11) is 0. The van der Waals surface area contributed by atoms with E-state index in [-0.39, 0.29) is 13.2 Å². The van der Waals surface area contributed by atoms with Gasteiger partial charge in [0, 0.05) is 0 Å². The molecule has 2 aromatic rings. The van der Waals surface area contributed by atoms with Crippen molar-refractivity contribution in [3.05, 3.63) is 70.8 Å². The molecule has 0 amide bonds. The van der Waals surface area contributed by atoms with E-state index in [1.165, 1.54) is 0 Å². The molecule has 2 N–H and O–H groups in total. The van der Waals surface area contributed by atoms with E-state index < -0.39 is 30.2 Å². The lowest BCUT2D eigenvalue weighted by molar-refractivity contribution is -0.170. The van der Waals surface area contributed by atoms with Crippen molar-refractivity contribution in [2.75, 3.05) is 13.2 Å². The highest BCUT2D eigenvalue weighted by atomic mass is 16.8. The van der Waals surface area contributed by atoms with Crippen molar-refractivity contribution in [3.8, 4) is 0 Å². The summed E-state index contributed by atoms with van der Waals surface area (Å²) in [6, 6.07) is 15.9. The van der Waals surface area contributed by atoms with E-state index in [1.54, 1.807) is 0 Å². The maximum absolute atomic E-state index is 10.1. The van der Waals surface area contributed by atoms with Crippen LogP contribution in [0.1, 0.15) is 36.1 Å². The Morgan fingerprint density at radius 2 is 1.16 bits per heavy atom. The summed E-state index contributed by atoms with van der Waals surface area (Å²) in [5.74, 6) is -0.881. The van der Waals surface area contributed by atoms with Crippen molar-refractivity contribution in [2.24, 2.45) is 0 Å². The van der Waals surface area contributed by atoms with Crippen LogP contribution in [0, 0.1) is 13.8 Å². The zero-order valence-electron chi connectivity index (χ0n) is 18.8. The third-order valence-electron chi connectivity index (χ3n) is 5.68. The number of aliphatic hydroxyl groups excluding tert-OH is 2. The number of hydrogen-bond acceptors (Lipinski definition) is 6. The fraction of sp³-hybridized carbons (Fsp3) is 0.520. The lowest BCUT2D eigenvalue weighted by atomic mass is 10.0. The lowest BCUT2D eigenvalue weighted by Crippen LogP contribution is -2.47. The van der Waals surface area contributed by atoms with Gasteiger partial charge in [0.05, 0.1) is 26.4 Å². The Morgan fingerprint density at radius 3 is 1.52 bits per heavy atom. The predicted molar refractivity (Wildman–Crippen MR) is 118 cm³/mol. The average Bonchev–Trinajstić information content (AvgIpc) is 3.06. The van der Waals surface area contributed by atoms with Gasteiger partial charge in [-0.15, -0.1) is 0 Å². The normalized spacial score (nSPS) is 22.4. The fourth-order valence-electron chi connectivity index (χ4n) is 3.83. The molecule has 31 heavy (non-hydrogen) atoms. The molecule has 0 saturated carbocycles. The molecule has 6 heteroatoms. The molecule has 0 bridgehead atoms. The molecule has 1 aliphatic rings. The molecule has 1 saturated heterocycles. The molecule has 1 fully saturated rings. The molecule has 6 nitrogen and oxygen atoms in total. The van der Waals surface area contributed by atoms with Crippen LogP contribution in [0.2, 0.25) is 0 Å².